The molecule has 0 aliphatic carbocycles. The second kappa shape index (κ2) is 5.26. The summed E-state index contributed by atoms with van der Waals surface area (Å²) in [6, 6.07) is 6.56. The summed E-state index contributed by atoms with van der Waals surface area (Å²) in [6.45, 7) is 5.86. The Labute approximate surface area is 118 Å². The fourth-order valence-electron chi connectivity index (χ4n) is 2.01. The Morgan fingerprint density at radius 2 is 1.85 bits per heavy atom. The molecule has 0 saturated carbocycles. The van der Waals surface area contributed by atoms with Crippen molar-refractivity contribution in [2.75, 3.05) is 5.32 Å². The van der Waals surface area contributed by atoms with Gasteiger partial charge in [-0.1, -0.05) is 12.1 Å². The van der Waals surface area contributed by atoms with Crippen LogP contribution in [0.25, 0.3) is 0 Å². The van der Waals surface area contributed by atoms with Crippen molar-refractivity contribution in [3.8, 4) is 0 Å². The standard InChI is InChI=1S/C13H18N4O2S/c1-8(15-13-9(2)16-17-10(13)3)11-4-6-12(7-5-11)20(14,18)19/h4-8,15H,1-3H3,(H,16,17)(H2,14,18,19). The first-order valence-electron chi connectivity index (χ1n) is 6.20. The van der Waals surface area contributed by atoms with Gasteiger partial charge in [-0.2, -0.15) is 5.10 Å². The average molecular weight is 294 g/mol. The van der Waals surface area contributed by atoms with Gasteiger partial charge in [0, 0.05) is 6.04 Å². The van der Waals surface area contributed by atoms with Crippen molar-refractivity contribution in [2.24, 2.45) is 5.14 Å². The van der Waals surface area contributed by atoms with Crippen molar-refractivity contribution in [1.29, 1.82) is 0 Å². The summed E-state index contributed by atoms with van der Waals surface area (Å²) in [5.41, 5.74) is 3.80. The van der Waals surface area contributed by atoms with Gasteiger partial charge in [0.25, 0.3) is 0 Å². The maximum Gasteiger partial charge on any atom is 0.238 e. The number of rotatable bonds is 4. The number of aromatic nitrogens is 2. The minimum Gasteiger partial charge on any atom is -0.376 e. The van der Waals surface area contributed by atoms with E-state index in [4.69, 9.17) is 5.14 Å². The number of nitrogens with one attached hydrogen (secondary N) is 2. The van der Waals surface area contributed by atoms with Crippen LogP contribution in [0.4, 0.5) is 5.69 Å². The van der Waals surface area contributed by atoms with Gasteiger partial charge < -0.3 is 5.32 Å². The molecule has 0 fully saturated rings. The molecule has 0 aliphatic rings. The Morgan fingerprint density at radius 1 is 1.25 bits per heavy atom. The van der Waals surface area contributed by atoms with Crippen LogP contribution in [0.5, 0.6) is 0 Å². The topological polar surface area (TPSA) is 101 Å². The van der Waals surface area contributed by atoms with Crippen LogP contribution in [0.15, 0.2) is 29.2 Å². The van der Waals surface area contributed by atoms with E-state index < -0.39 is 10.0 Å². The highest BCUT2D eigenvalue weighted by molar-refractivity contribution is 7.89. The highest BCUT2D eigenvalue weighted by Crippen LogP contribution is 2.24. The van der Waals surface area contributed by atoms with E-state index in [1.165, 1.54) is 12.1 Å². The van der Waals surface area contributed by atoms with E-state index in [1.54, 1.807) is 12.1 Å². The minimum absolute atomic E-state index is 0.0273. The third kappa shape index (κ3) is 3.00. The quantitative estimate of drug-likeness (QED) is 0.801. The van der Waals surface area contributed by atoms with Crippen LogP contribution in [0.2, 0.25) is 0 Å². The summed E-state index contributed by atoms with van der Waals surface area (Å²) in [6.07, 6.45) is 0. The molecule has 1 aromatic heterocycles. The van der Waals surface area contributed by atoms with Gasteiger partial charge in [-0.05, 0) is 38.5 Å². The molecule has 108 valence electrons. The lowest BCUT2D eigenvalue weighted by Crippen LogP contribution is -2.13. The smallest absolute Gasteiger partial charge is 0.238 e. The number of aromatic amines is 1. The first-order chi connectivity index (χ1) is 9.29. The minimum atomic E-state index is -3.64. The molecule has 2 aromatic rings. The second-order valence-electron chi connectivity index (χ2n) is 4.79. The lowest BCUT2D eigenvalue weighted by atomic mass is 10.1. The molecule has 20 heavy (non-hydrogen) atoms. The van der Waals surface area contributed by atoms with Crippen LogP contribution in [0.3, 0.4) is 0 Å². The van der Waals surface area contributed by atoms with Crippen molar-refractivity contribution in [1.82, 2.24) is 10.2 Å². The molecule has 1 atom stereocenters. The average Bonchev–Trinajstić information content (AvgIpc) is 2.69. The largest absolute Gasteiger partial charge is 0.376 e. The van der Waals surface area contributed by atoms with E-state index in [0.717, 1.165) is 22.6 Å². The molecule has 6 nitrogen and oxygen atoms in total. The molecule has 1 aromatic carbocycles. The second-order valence-corrected chi connectivity index (χ2v) is 6.35. The molecule has 1 heterocycles. The zero-order valence-electron chi connectivity index (χ0n) is 11.6. The molecule has 0 radical (unpaired) electrons. The number of benzene rings is 1. The van der Waals surface area contributed by atoms with Crippen molar-refractivity contribution >= 4 is 15.7 Å². The lowest BCUT2D eigenvalue weighted by Gasteiger charge is -2.16. The summed E-state index contributed by atoms with van der Waals surface area (Å²) in [5.74, 6) is 0. The number of H-pyrrole nitrogens is 1. The summed E-state index contributed by atoms with van der Waals surface area (Å²) >= 11 is 0. The van der Waals surface area contributed by atoms with E-state index in [-0.39, 0.29) is 10.9 Å². The van der Waals surface area contributed by atoms with E-state index in [0.29, 0.717) is 0 Å². The summed E-state index contributed by atoms with van der Waals surface area (Å²) in [4.78, 5) is 0.115. The van der Waals surface area contributed by atoms with E-state index in [2.05, 4.69) is 15.5 Å². The molecule has 0 amide bonds. The maximum absolute atomic E-state index is 11.2. The van der Waals surface area contributed by atoms with Crippen molar-refractivity contribution < 1.29 is 8.42 Å². The van der Waals surface area contributed by atoms with E-state index in [9.17, 15) is 8.42 Å². The number of sulfonamides is 1. The van der Waals surface area contributed by atoms with Gasteiger partial charge in [-0.15, -0.1) is 0 Å². The van der Waals surface area contributed by atoms with Crippen molar-refractivity contribution in [3.05, 3.63) is 41.2 Å². The lowest BCUT2D eigenvalue weighted by molar-refractivity contribution is 0.597. The zero-order valence-corrected chi connectivity index (χ0v) is 12.5. The number of hydrogen-bond donors (Lipinski definition) is 3. The summed E-state index contributed by atoms with van der Waals surface area (Å²) < 4.78 is 22.4. The van der Waals surface area contributed by atoms with Gasteiger partial charge in [0.05, 0.1) is 22.0 Å². The maximum atomic E-state index is 11.2. The zero-order chi connectivity index (χ0) is 14.9. The summed E-state index contributed by atoms with van der Waals surface area (Å²) in [5, 5.41) is 15.5. The van der Waals surface area contributed by atoms with Crippen LogP contribution in [0, 0.1) is 13.8 Å². The predicted octanol–water partition coefficient (Wildman–Crippen LogP) is 1.85. The van der Waals surface area contributed by atoms with Crippen LogP contribution < -0.4 is 10.5 Å². The van der Waals surface area contributed by atoms with Gasteiger partial charge in [0.15, 0.2) is 0 Å². The Hall–Kier alpha value is -1.86. The fourth-order valence-corrected chi connectivity index (χ4v) is 2.53. The number of aryl methyl sites for hydroxylation is 2. The summed E-state index contributed by atoms with van der Waals surface area (Å²) in [7, 11) is -3.64. The van der Waals surface area contributed by atoms with Crippen LogP contribution in [-0.2, 0) is 10.0 Å². The van der Waals surface area contributed by atoms with Gasteiger partial charge in [0.1, 0.15) is 0 Å². The fraction of sp³-hybridized carbons (Fsp3) is 0.308. The highest BCUT2D eigenvalue weighted by atomic mass is 32.2. The molecule has 0 bridgehead atoms. The molecule has 2 rings (SSSR count). The molecular weight excluding hydrogens is 276 g/mol. The molecule has 0 spiro atoms. The van der Waals surface area contributed by atoms with Crippen LogP contribution in [0.1, 0.15) is 29.9 Å². The number of anilines is 1. The first-order valence-corrected chi connectivity index (χ1v) is 7.74. The SMILES string of the molecule is Cc1n[nH]c(C)c1NC(C)c1ccc(S(N)(=O)=O)cc1. The normalized spacial score (nSPS) is 13.2. The monoisotopic (exact) mass is 294 g/mol. The Morgan fingerprint density at radius 3 is 2.30 bits per heavy atom. The molecular formula is C13H18N4O2S. The van der Waals surface area contributed by atoms with E-state index in [1.807, 2.05) is 20.8 Å². The predicted molar refractivity (Wildman–Crippen MR) is 77.9 cm³/mol. The van der Waals surface area contributed by atoms with Crippen molar-refractivity contribution in [3.63, 3.8) is 0 Å². The third-order valence-corrected chi connectivity index (χ3v) is 4.13. The van der Waals surface area contributed by atoms with Gasteiger partial charge in [-0.25, -0.2) is 13.6 Å². The molecule has 0 aliphatic heterocycles. The first kappa shape index (κ1) is 14.5. The molecule has 1 unspecified atom stereocenters. The Bertz CT molecular complexity index is 685. The number of nitrogens with two attached hydrogens (primary N) is 1. The Kier molecular flexibility index (Phi) is 3.82. The Balaban J connectivity index is 2.20. The van der Waals surface area contributed by atoms with Crippen LogP contribution in [-0.4, -0.2) is 18.6 Å². The number of nitrogens with zero attached hydrogens (tertiary/aromatic N) is 1. The molecule has 4 N–H and O–H groups in total. The van der Waals surface area contributed by atoms with Gasteiger partial charge >= 0.3 is 0 Å². The van der Waals surface area contributed by atoms with Crippen LogP contribution >= 0.6 is 0 Å². The number of hydrogen-bond acceptors (Lipinski definition) is 4. The molecule has 7 heteroatoms. The number of primary sulfonamides is 1. The van der Waals surface area contributed by atoms with Crippen molar-refractivity contribution in [2.45, 2.75) is 31.7 Å². The highest BCUT2D eigenvalue weighted by Gasteiger charge is 2.12. The molecule has 0 saturated heterocycles. The van der Waals surface area contributed by atoms with Gasteiger partial charge in [0.2, 0.25) is 10.0 Å². The third-order valence-electron chi connectivity index (χ3n) is 3.20. The van der Waals surface area contributed by atoms with E-state index >= 15 is 0 Å². The van der Waals surface area contributed by atoms with Gasteiger partial charge in [-0.3, -0.25) is 5.10 Å².